The highest BCUT2D eigenvalue weighted by atomic mass is 79.9. The molecule has 0 bridgehead atoms. The van der Waals surface area contributed by atoms with E-state index in [1.807, 2.05) is 11.4 Å². The SMILES string of the molecule is Fc1ccc(OCc2cc(Br)cs2)c(Cl)c1. The summed E-state index contributed by atoms with van der Waals surface area (Å²) < 4.78 is 19.3. The normalized spacial score (nSPS) is 10.4. The molecule has 0 unspecified atom stereocenters. The highest BCUT2D eigenvalue weighted by Crippen LogP contribution is 2.27. The molecule has 0 amide bonds. The smallest absolute Gasteiger partial charge is 0.138 e. The summed E-state index contributed by atoms with van der Waals surface area (Å²) in [6.45, 7) is 0.432. The van der Waals surface area contributed by atoms with Gasteiger partial charge in [-0.15, -0.1) is 11.3 Å². The molecule has 16 heavy (non-hydrogen) atoms. The number of thiophene rings is 1. The summed E-state index contributed by atoms with van der Waals surface area (Å²) in [5, 5.41) is 2.26. The first-order chi connectivity index (χ1) is 7.65. The highest BCUT2D eigenvalue weighted by molar-refractivity contribution is 9.10. The molecule has 0 aliphatic heterocycles. The van der Waals surface area contributed by atoms with Gasteiger partial charge in [-0.05, 0) is 40.2 Å². The van der Waals surface area contributed by atoms with Crippen molar-refractivity contribution in [2.24, 2.45) is 0 Å². The molecule has 0 saturated heterocycles. The second kappa shape index (κ2) is 5.17. The van der Waals surface area contributed by atoms with Gasteiger partial charge in [0.25, 0.3) is 0 Å². The molecule has 2 rings (SSSR count). The van der Waals surface area contributed by atoms with Crippen LogP contribution in [0.5, 0.6) is 5.75 Å². The molecule has 0 aliphatic carbocycles. The minimum Gasteiger partial charge on any atom is -0.487 e. The number of benzene rings is 1. The van der Waals surface area contributed by atoms with Crippen LogP contribution in [0.15, 0.2) is 34.1 Å². The van der Waals surface area contributed by atoms with Crippen LogP contribution >= 0.6 is 38.9 Å². The van der Waals surface area contributed by atoms with Gasteiger partial charge in [0.15, 0.2) is 0 Å². The van der Waals surface area contributed by atoms with Crippen molar-refractivity contribution in [1.82, 2.24) is 0 Å². The molecule has 0 spiro atoms. The second-order valence-corrected chi connectivity index (χ2v) is 5.41. The van der Waals surface area contributed by atoms with E-state index >= 15 is 0 Å². The van der Waals surface area contributed by atoms with Gasteiger partial charge < -0.3 is 4.74 Å². The van der Waals surface area contributed by atoms with Gasteiger partial charge in [-0.2, -0.15) is 0 Å². The molecule has 5 heteroatoms. The molecule has 2 aromatic rings. The Morgan fingerprint density at radius 2 is 2.19 bits per heavy atom. The molecule has 0 aliphatic rings. The van der Waals surface area contributed by atoms with E-state index in [9.17, 15) is 4.39 Å². The van der Waals surface area contributed by atoms with Gasteiger partial charge in [-0.3, -0.25) is 0 Å². The van der Waals surface area contributed by atoms with Crippen molar-refractivity contribution >= 4 is 38.9 Å². The van der Waals surface area contributed by atoms with Crippen molar-refractivity contribution in [2.75, 3.05) is 0 Å². The van der Waals surface area contributed by atoms with Gasteiger partial charge in [0.05, 0.1) is 5.02 Å². The van der Waals surface area contributed by atoms with Crippen LogP contribution < -0.4 is 4.74 Å². The number of hydrogen-bond donors (Lipinski definition) is 0. The lowest BCUT2D eigenvalue weighted by Crippen LogP contribution is -1.93. The number of ether oxygens (including phenoxy) is 1. The molecule has 1 heterocycles. The van der Waals surface area contributed by atoms with E-state index in [1.165, 1.54) is 18.2 Å². The molecule has 1 nitrogen and oxygen atoms in total. The quantitative estimate of drug-likeness (QED) is 0.782. The molecule has 0 radical (unpaired) electrons. The summed E-state index contributed by atoms with van der Waals surface area (Å²) >= 11 is 10.8. The zero-order chi connectivity index (χ0) is 11.5. The summed E-state index contributed by atoms with van der Waals surface area (Å²) in [4.78, 5) is 1.08. The highest BCUT2D eigenvalue weighted by Gasteiger charge is 2.04. The van der Waals surface area contributed by atoms with Crippen LogP contribution in [0.3, 0.4) is 0 Å². The molecular formula is C11H7BrClFOS. The standard InChI is InChI=1S/C11H7BrClFOS/c12-7-3-9(16-6-7)5-15-11-2-1-8(14)4-10(11)13/h1-4,6H,5H2. The van der Waals surface area contributed by atoms with E-state index in [0.717, 1.165) is 9.35 Å². The van der Waals surface area contributed by atoms with Crippen LogP contribution in [-0.2, 0) is 6.61 Å². The Balaban J connectivity index is 2.04. The van der Waals surface area contributed by atoms with Gasteiger partial charge in [-0.25, -0.2) is 4.39 Å². The zero-order valence-corrected chi connectivity index (χ0v) is 11.2. The Hall–Kier alpha value is -0.580. The van der Waals surface area contributed by atoms with Crippen molar-refractivity contribution in [1.29, 1.82) is 0 Å². The third kappa shape index (κ3) is 2.97. The van der Waals surface area contributed by atoms with Gasteiger partial charge in [0.2, 0.25) is 0 Å². The maximum Gasteiger partial charge on any atom is 0.138 e. The van der Waals surface area contributed by atoms with E-state index in [-0.39, 0.29) is 10.8 Å². The molecular weight excluding hydrogens is 315 g/mol. The number of hydrogen-bond acceptors (Lipinski definition) is 2. The van der Waals surface area contributed by atoms with Gasteiger partial charge in [0.1, 0.15) is 18.2 Å². The molecule has 1 aromatic carbocycles. The fourth-order valence-corrected chi connectivity index (χ4v) is 2.75. The summed E-state index contributed by atoms with van der Waals surface area (Å²) in [5.41, 5.74) is 0. The summed E-state index contributed by atoms with van der Waals surface area (Å²) in [7, 11) is 0. The third-order valence-corrected chi connectivity index (χ3v) is 3.85. The first kappa shape index (κ1) is 11.9. The maximum absolute atomic E-state index is 12.8. The Bertz CT molecular complexity index is 500. The largest absolute Gasteiger partial charge is 0.487 e. The average molecular weight is 322 g/mol. The lowest BCUT2D eigenvalue weighted by Gasteiger charge is -2.06. The van der Waals surface area contributed by atoms with Crippen LogP contribution in [0, 0.1) is 5.82 Å². The van der Waals surface area contributed by atoms with Gasteiger partial charge in [0, 0.05) is 14.7 Å². The van der Waals surface area contributed by atoms with Crippen LogP contribution in [0.1, 0.15) is 4.88 Å². The summed E-state index contributed by atoms with van der Waals surface area (Å²) in [6.07, 6.45) is 0. The van der Waals surface area contributed by atoms with Crippen LogP contribution in [0.2, 0.25) is 5.02 Å². The van der Waals surface area contributed by atoms with Crippen molar-refractivity contribution in [3.05, 3.63) is 49.8 Å². The minimum absolute atomic E-state index is 0.288. The Morgan fingerprint density at radius 3 is 2.81 bits per heavy atom. The second-order valence-electron chi connectivity index (χ2n) is 3.09. The summed E-state index contributed by atoms with van der Waals surface area (Å²) in [6, 6.07) is 6.06. The van der Waals surface area contributed by atoms with Crippen molar-refractivity contribution in [3.8, 4) is 5.75 Å². The van der Waals surface area contributed by atoms with Crippen molar-refractivity contribution in [3.63, 3.8) is 0 Å². The average Bonchev–Trinajstić information content (AvgIpc) is 2.63. The van der Waals surface area contributed by atoms with E-state index in [0.29, 0.717) is 12.4 Å². The zero-order valence-electron chi connectivity index (χ0n) is 8.04. The molecule has 0 fully saturated rings. The predicted octanol–water partition coefficient (Wildman–Crippen LogP) is 4.88. The van der Waals surface area contributed by atoms with Crippen LogP contribution in [-0.4, -0.2) is 0 Å². The summed E-state index contributed by atoms with van der Waals surface area (Å²) in [5.74, 6) is 0.129. The van der Waals surface area contributed by atoms with E-state index in [2.05, 4.69) is 15.9 Å². The number of halogens is 3. The molecule has 0 N–H and O–H groups in total. The minimum atomic E-state index is -0.365. The van der Waals surface area contributed by atoms with Gasteiger partial charge >= 0.3 is 0 Å². The first-order valence-electron chi connectivity index (χ1n) is 4.46. The fraction of sp³-hybridized carbons (Fsp3) is 0.0909. The first-order valence-corrected chi connectivity index (χ1v) is 6.51. The fourth-order valence-electron chi connectivity index (χ4n) is 1.17. The van der Waals surface area contributed by atoms with Gasteiger partial charge in [-0.1, -0.05) is 11.6 Å². The predicted molar refractivity (Wildman–Crippen MR) is 67.8 cm³/mol. The maximum atomic E-state index is 12.8. The topological polar surface area (TPSA) is 9.23 Å². The Kier molecular flexibility index (Phi) is 3.84. The van der Waals surface area contributed by atoms with Crippen molar-refractivity contribution in [2.45, 2.75) is 6.61 Å². The Labute approximate surface area is 110 Å². The lowest BCUT2D eigenvalue weighted by molar-refractivity contribution is 0.309. The Morgan fingerprint density at radius 1 is 1.38 bits per heavy atom. The van der Waals surface area contributed by atoms with E-state index < -0.39 is 0 Å². The lowest BCUT2D eigenvalue weighted by atomic mass is 10.3. The van der Waals surface area contributed by atoms with Crippen LogP contribution in [0.25, 0.3) is 0 Å². The van der Waals surface area contributed by atoms with Crippen LogP contribution in [0.4, 0.5) is 4.39 Å². The molecule has 0 atom stereocenters. The molecule has 1 aromatic heterocycles. The number of rotatable bonds is 3. The van der Waals surface area contributed by atoms with Crippen molar-refractivity contribution < 1.29 is 9.13 Å². The monoisotopic (exact) mass is 320 g/mol. The van der Waals surface area contributed by atoms with E-state index in [4.69, 9.17) is 16.3 Å². The van der Waals surface area contributed by atoms with E-state index in [1.54, 1.807) is 11.3 Å². The third-order valence-electron chi connectivity index (χ3n) is 1.89. The molecule has 0 saturated carbocycles. The molecule has 84 valence electrons.